The van der Waals surface area contributed by atoms with E-state index in [4.69, 9.17) is 5.11 Å². The Balaban J connectivity index is 2.34. The standard InChI is InChI=1S/C13H26N2O2/c1-10(2)14-8-12-5-4-6-15(9-12)11(3)7-13(16)17/h10-12,14H,4-9H2,1-3H3,(H,16,17). The first kappa shape index (κ1) is 14.5. The molecule has 0 radical (unpaired) electrons. The van der Waals surface area contributed by atoms with Crippen LogP contribution in [0, 0.1) is 5.92 Å². The Morgan fingerprint density at radius 1 is 1.47 bits per heavy atom. The summed E-state index contributed by atoms with van der Waals surface area (Å²) >= 11 is 0. The average molecular weight is 242 g/mol. The Morgan fingerprint density at radius 2 is 2.18 bits per heavy atom. The lowest BCUT2D eigenvalue weighted by atomic mass is 9.96. The first-order valence-corrected chi connectivity index (χ1v) is 6.68. The van der Waals surface area contributed by atoms with Gasteiger partial charge in [0.25, 0.3) is 0 Å². The molecular formula is C13H26N2O2. The summed E-state index contributed by atoms with van der Waals surface area (Å²) in [4.78, 5) is 13.0. The monoisotopic (exact) mass is 242 g/mol. The summed E-state index contributed by atoms with van der Waals surface area (Å²) in [5.41, 5.74) is 0. The molecule has 0 aliphatic carbocycles. The van der Waals surface area contributed by atoms with Crippen LogP contribution < -0.4 is 5.32 Å². The maximum Gasteiger partial charge on any atom is 0.304 e. The van der Waals surface area contributed by atoms with Crippen LogP contribution in [0.1, 0.15) is 40.0 Å². The van der Waals surface area contributed by atoms with Gasteiger partial charge in [-0.3, -0.25) is 9.69 Å². The van der Waals surface area contributed by atoms with E-state index in [-0.39, 0.29) is 12.5 Å². The minimum atomic E-state index is -0.695. The summed E-state index contributed by atoms with van der Waals surface area (Å²) in [6, 6.07) is 0.691. The minimum absolute atomic E-state index is 0.161. The van der Waals surface area contributed by atoms with Gasteiger partial charge in [0.1, 0.15) is 0 Å². The summed E-state index contributed by atoms with van der Waals surface area (Å²) in [6.45, 7) is 9.47. The van der Waals surface area contributed by atoms with Crippen LogP contribution in [0.3, 0.4) is 0 Å². The molecule has 1 saturated heterocycles. The molecule has 1 aliphatic heterocycles. The van der Waals surface area contributed by atoms with Crippen molar-refractivity contribution in [2.24, 2.45) is 5.92 Å². The van der Waals surface area contributed by atoms with Gasteiger partial charge in [-0.2, -0.15) is 0 Å². The van der Waals surface area contributed by atoms with E-state index in [1.54, 1.807) is 0 Å². The number of rotatable bonds is 6. The number of hydrogen-bond acceptors (Lipinski definition) is 3. The van der Waals surface area contributed by atoms with Crippen LogP contribution in [0.15, 0.2) is 0 Å². The number of carbonyl (C=O) groups is 1. The van der Waals surface area contributed by atoms with Crippen molar-refractivity contribution in [3.63, 3.8) is 0 Å². The van der Waals surface area contributed by atoms with Crippen LogP contribution in [0.4, 0.5) is 0 Å². The average Bonchev–Trinajstić information content (AvgIpc) is 2.26. The lowest BCUT2D eigenvalue weighted by molar-refractivity contribution is -0.138. The Kier molecular flexibility index (Phi) is 5.92. The molecule has 100 valence electrons. The normalized spacial score (nSPS) is 23.9. The highest BCUT2D eigenvalue weighted by Crippen LogP contribution is 2.19. The molecule has 1 aliphatic rings. The fourth-order valence-corrected chi connectivity index (χ4v) is 2.45. The van der Waals surface area contributed by atoms with Crippen LogP contribution in [0.5, 0.6) is 0 Å². The van der Waals surface area contributed by atoms with Crippen LogP contribution >= 0.6 is 0 Å². The molecule has 1 heterocycles. The lowest BCUT2D eigenvalue weighted by Crippen LogP contribution is -2.45. The molecule has 0 amide bonds. The second-order valence-electron chi connectivity index (χ2n) is 5.51. The minimum Gasteiger partial charge on any atom is -0.481 e. The van der Waals surface area contributed by atoms with E-state index < -0.39 is 5.97 Å². The van der Waals surface area contributed by atoms with Gasteiger partial charge in [-0.1, -0.05) is 13.8 Å². The number of aliphatic carboxylic acids is 1. The predicted octanol–water partition coefficient (Wildman–Crippen LogP) is 1.56. The highest BCUT2D eigenvalue weighted by atomic mass is 16.4. The van der Waals surface area contributed by atoms with E-state index in [1.807, 2.05) is 6.92 Å². The van der Waals surface area contributed by atoms with Crippen molar-refractivity contribution < 1.29 is 9.90 Å². The lowest BCUT2D eigenvalue weighted by Gasteiger charge is -2.36. The molecule has 0 saturated carbocycles. The third-order valence-corrected chi connectivity index (χ3v) is 3.46. The second kappa shape index (κ2) is 6.97. The molecule has 4 nitrogen and oxygen atoms in total. The van der Waals surface area contributed by atoms with E-state index in [1.165, 1.54) is 12.8 Å². The molecule has 0 bridgehead atoms. The van der Waals surface area contributed by atoms with Gasteiger partial charge in [0.15, 0.2) is 0 Å². The maximum absolute atomic E-state index is 10.7. The van der Waals surface area contributed by atoms with Gasteiger partial charge in [-0.15, -0.1) is 0 Å². The molecule has 1 fully saturated rings. The summed E-state index contributed by atoms with van der Waals surface area (Å²) in [5, 5.41) is 12.3. The number of likely N-dealkylation sites (tertiary alicyclic amines) is 1. The molecule has 2 atom stereocenters. The first-order chi connectivity index (χ1) is 7.99. The smallest absolute Gasteiger partial charge is 0.304 e. The summed E-state index contributed by atoms with van der Waals surface area (Å²) in [5.74, 6) is -0.0256. The van der Waals surface area contributed by atoms with Gasteiger partial charge in [0, 0.05) is 18.6 Å². The molecule has 4 heteroatoms. The number of hydrogen-bond donors (Lipinski definition) is 2. The fraction of sp³-hybridized carbons (Fsp3) is 0.923. The molecule has 2 unspecified atom stereocenters. The van der Waals surface area contributed by atoms with E-state index in [0.717, 1.165) is 19.6 Å². The number of nitrogens with one attached hydrogen (secondary N) is 1. The summed E-state index contributed by atoms with van der Waals surface area (Å²) < 4.78 is 0. The van der Waals surface area contributed by atoms with Gasteiger partial charge in [-0.25, -0.2) is 0 Å². The molecule has 1 rings (SSSR count). The number of piperidine rings is 1. The molecule has 2 N–H and O–H groups in total. The molecule has 0 aromatic heterocycles. The Hall–Kier alpha value is -0.610. The maximum atomic E-state index is 10.7. The highest BCUT2D eigenvalue weighted by Gasteiger charge is 2.24. The zero-order chi connectivity index (χ0) is 12.8. The van der Waals surface area contributed by atoms with Gasteiger partial charge >= 0.3 is 5.97 Å². The Bertz CT molecular complexity index is 244. The topological polar surface area (TPSA) is 52.6 Å². The first-order valence-electron chi connectivity index (χ1n) is 6.68. The number of carboxylic acid groups (broad SMARTS) is 1. The van der Waals surface area contributed by atoms with Crippen molar-refractivity contribution in [1.29, 1.82) is 0 Å². The molecule has 0 aromatic carbocycles. The van der Waals surface area contributed by atoms with Crippen LogP contribution in [0.2, 0.25) is 0 Å². The van der Waals surface area contributed by atoms with Crippen LogP contribution in [-0.4, -0.2) is 47.7 Å². The van der Waals surface area contributed by atoms with Gasteiger partial charge in [0.05, 0.1) is 6.42 Å². The van der Waals surface area contributed by atoms with E-state index in [9.17, 15) is 4.79 Å². The zero-order valence-electron chi connectivity index (χ0n) is 11.3. The zero-order valence-corrected chi connectivity index (χ0v) is 11.3. The van der Waals surface area contributed by atoms with Gasteiger partial charge in [-0.05, 0) is 38.8 Å². The third kappa shape index (κ3) is 5.50. The van der Waals surface area contributed by atoms with Crippen LogP contribution in [0.25, 0.3) is 0 Å². The molecule has 0 aromatic rings. The quantitative estimate of drug-likeness (QED) is 0.742. The second-order valence-corrected chi connectivity index (χ2v) is 5.51. The van der Waals surface area contributed by atoms with Crippen molar-refractivity contribution >= 4 is 5.97 Å². The molecule has 0 spiro atoms. The molecular weight excluding hydrogens is 216 g/mol. The van der Waals surface area contributed by atoms with Crippen molar-refractivity contribution in [2.45, 2.75) is 52.1 Å². The third-order valence-electron chi connectivity index (χ3n) is 3.46. The van der Waals surface area contributed by atoms with Gasteiger partial charge in [0.2, 0.25) is 0 Å². The molecule has 17 heavy (non-hydrogen) atoms. The van der Waals surface area contributed by atoms with E-state index >= 15 is 0 Å². The van der Waals surface area contributed by atoms with Gasteiger partial charge < -0.3 is 10.4 Å². The van der Waals surface area contributed by atoms with E-state index in [2.05, 4.69) is 24.1 Å². The number of carboxylic acids is 1. The predicted molar refractivity (Wildman–Crippen MR) is 69.2 cm³/mol. The van der Waals surface area contributed by atoms with Crippen molar-refractivity contribution in [1.82, 2.24) is 10.2 Å². The Morgan fingerprint density at radius 3 is 2.76 bits per heavy atom. The van der Waals surface area contributed by atoms with Crippen LogP contribution in [-0.2, 0) is 4.79 Å². The number of nitrogens with zero attached hydrogens (tertiary/aromatic N) is 1. The van der Waals surface area contributed by atoms with Crippen molar-refractivity contribution in [3.8, 4) is 0 Å². The Labute approximate surface area is 104 Å². The largest absolute Gasteiger partial charge is 0.481 e. The van der Waals surface area contributed by atoms with E-state index in [0.29, 0.717) is 12.0 Å². The van der Waals surface area contributed by atoms with Crippen molar-refractivity contribution in [2.75, 3.05) is 19.6 Å². The van der Waals surface area contributed by atoms with Crippen molar-refractivity contribution in [3.05, 3.63) is 0 Å². The summed E-state index contributed by atoms with van der Waals surface area (Å²) in [6.07, 6.45) is 2.70. The fourth-order valence-electron chi connectivity index (χ4n) is 2.45. The summed E-state index contributed by atoms with van der Waals surface area (Å²) in [7, 11) is 0. The SMILES string of the molecule is CC(C)NCC1CCCN(C(C)CC(=O)O)C1. The highest BCUT2D eigenvalue weighted by molar-refractivity contribution is 5.67.